The summed E-state index contributed by atoms with van der Waals surface area (Å²) in [6.45, 7) is 0. The maximum atomic E-state index is 5.22. The number of nitrogens with zero attached hydrogens (tertiary/aromatic N) is 3. The SMILES string of the molecule is COc1ccc2c(c1)nc(-c1cccnc1)n2C. The Morgan fingerprint density at radius 3 is 2.83 bits per heavy atom. The van der Waals surface area contributed by atoms with Crippen molar-refractivity contribution in [1.29, 1.82) is 0 Å². The molecule has 0 saturated heterocycles. The van der Waals surface area contributed by atoms with E-state index in [4.69, 9.17) is 4.74 Å². The van der Waals surface area contributed by atoms with Crippen LogP contribution in [0.25, 0.3) is 22.4 Å². The third-order valence-electron chi connectivity index (χ3n) is 3.01. The fraction of sp³-hybridized carbons (Fsp3) is 0.143. The monoisotopic (exact) mass is 239 g/mol. The van der Waals surface area contributed by atoms with Gasteiger partial charge in [0.15, 0.2) is 0 Å². The van der Waals surface area contributed by atoms with Crippen LogP contribution in [0.4, 0.5) is 0 Å². The van der Waals surface area contributed by atoms with E-state index in [9.17, 15) is 0 Å². The van der Waals surface area contributed by atoms with Gasteiger partial charge in [0.05, 0.1) is 18.1 Å². The molecule has 0 aliphatic heterocycles. The molecule has 0 amide bonds. The molecule has 3 aromatic rings. The van der Waals surface area contributed by atoms with Gasteiger partial charge in [0.25, 0.3) is 0 Å². The highest BCUT2D eigenvalue weighted by molar-refractivity contribution is 5.81. The first-order valence-corrected chi connectivity index (χ1v) is 5.70. The number of rotatable bonds is 2. The molecular formula is C14H13N3O. The van der Waals surface area contributed by atoms with Gasteiger partial charge in [0, 0.05) is 31.1 Å². The smallest absolute Gasteiger partial charge is 0.142 e. The van der Waals surface area contributed by atoms with Crippen LogP contribution in [0.5, 0.6) is 5.75 Å². The van der Waals surface area contributed by atoms with E-state index in [1.807, 2.05) is 43.6 Å². The van der Waals surface area contributed by atoms with Crippen molar-refractivity contribution in [2.75, 3.05) is 7.11 Å². The summed E-state index contributed by atoms with van der Waals surface area (Å²) in [5.74, 6) is 1.73. The molecule has 90 valence electrons. The molecule has 0 bridgehead atoms. The van der Waals surface area contributed by atoms with Gasteiger partial charge in [0.1, 0.15) is 11.6 Å². The average molecular weight is 239 g/mol. The Morgan fingerprint density at radius 1 is 1.22 bits per heavy atom. The molecule has 4 nitrogen and oxygen atoms in total. The minimum absolute atomic E-state index is 0.818. The summed E-state index contributed by atoms with van der Waals surface area (Å²) in [5, 5.41) is 0. The number of aromatic nitrogens is 3. The summed E-state index contributed by atoms with van der Waals surface area (Å²) < 4.78 is 7.28. The highest BCUT2D eigenvalue weighted by Crippen LogP contribution is 2.25. The second-order valence-corrected chi connectivity index (χ2v) is 4.09. The van der Waals surface area contributed by atoms with Crippen molar-refractivity contribution >= 4 is 11.0 Å². The Kier molecular flexibility index (Phi) is 2.48. The van der Waals surface area contributed by atoms with Gasteiger partial charge < -0.3 is 9.30 Å². The fourth-order valence-electron chi connectivity index (χ4n) is 2.06. The molecule has 2 aromatic heterocycles. The first-order chi connectivity index (χ1) is 8.79. The maximum absolute atomic E-state index is 5.22. The third-order valence-corrected chi connectivity index (χ3v) is 3.01. The molecule has 0 spiro atoms. The molecule has 0 atom stereocenters. The summed E-state index contributed by atoms with van der Waals surface area (Å²) >= 11 is 0. The first kappa shape index (κ1) is 10.8. The first-order valence-electron chi connectivity index (χ1n) is 5.70. The van der Waals surface area contributed by atoms with E-state index in [0.717, 1.165) is 28.2 Å². The largest absolute Gasteiger partial charge is 0.497 e. The zero-order valence-corrected chi connectivity index (χ0v) is 10.3. The molecule has 18 heavy (non-hydrogen) atoms. The Hall–Kier alpha value is -2.36. The van der Waals surface area contributed by atoms with Crippen molar-refractivity contribution < 1.29 is 4.74 Å². The number of fused-ring (bicyclic) bond motifs is 1. The van der Waals surface area contributed by atoms with Gasteiger partial charge in [-0.05, 0) is 24.3 Å². The predicted octanol–water partition coefficient (Wildman–Crippen LogP) is 2.64. The molecule has 0 aliphatic rings. The number of ether oxygens (including phenoxy) is 1. The predicted molar refractivity (Wildman–Crippen MR) is 70.5 cm³/mol. The molecule has 2 heterocycles. The fourth-order valence-corrected chi connectivity index (χ4v) is 2.06. The zero-order chi connectivity index (χ0) is 12.5. The summed E-state index contributed by atoms with van der Waals surface area (Å²) in [4.78, 5) is 8.76. The van der Waals surface area contributed by atoms with Crippen LogP contribution >= 0.6 is 0 Å². The van der Waals surface area contributed by atoms with Gasteiger partial charge in [-0.25, -0.2) is 4.98 Å². The Morgan fingerprint density at radius 2 is 2.11 bits per heavy atom. The van der Waals surface area contributed by atoms with E-state index in [-0.39, 0.29) is 0 Å². The number of aryl methyl sites for hydroxylation is 1. The van der Waals surface area contributed by atoms with Crippen molar-refractivity contribution in [3.8, 4) is 17.1 Å². The molecule has 0 radical (unpaired) electrons. The van der Waals surface area contributed by atoms with Crippen LogP contribution in [0, 0.1) is 0 Å². The molecule has 0 saturated carbocycles. The standard InChI is InChI=1S/C14H13N3O/c1-17-13-6-5-11(18-2)8-12(13)16-14(17)10-4-3-7-15-9-10/h3-9H,1-2H3. The quantitative estimate of drug-likeness (QED) is 0.690. The molecule has 0 N–H and O–H groups in total. The van der Waals surface area contributed by atoms with E-state index in [2.05, 4.69) is 14.5 Å². The summed E-state index contributed by atoms with van der Waals surface area (Å²) in [6, 6.07) is 9.81. The van der Waals surface area contributed by atoms with Gasteiger partial charge in [0.2, 0.25) is 0 Å². The van der Waals surface area contributed by atoms with Crippen LogP contribution in [-0.4, -0.2) is 21.6 Å². The Bertz CT molecular complexity index is 689. The van der Waals surface area contributed by atoms with Gasteiger partial charge in [-0.2, -0.15) is 0 Å². The van der Waals surface area contributed by atoms with Crippen LogP contribution < -0.4 is 4.74 Å². The lowest BCUT2D eigenvalue weighted by atomic mass is 10.3. The van der Waals surface area contributed by atoms with E-state index >= 15 is 0 Å². The minimum Gasteiger partial charge on any atom is -0.497 e. The number of methoxy groups -OCH3 is 1. The number of hydrogen-bond donors (Lipinski definition) is 0. The van der Waals surface area contributed by atoms with Crippen LogP contribution in [0.2, 0.25) is 0 Å². The van der Waals surface area contributed by atoms with Crippen LogP contribution in [0.3, 0.4) is 0 Å². The van der Waals surface area contributed by atoms with Crippen LogP contribution in [-0.2, 0) is 7.05 Å². The van der Waals surface area contributed by atoms with Crippen molar-refractivity contribution in [2.45, 2.75) is 0 Å². The van der Waals surface area contributed by atoms with Crippen molar-refractivity contribution in [1.82, 2.24) is 14.5 Å². The Balaban J connectivity index is 2.23. The Labute approximate surface area is 105 Å². The number of imidazole rings is 1. The maximum Gasteiger partial charge on any atom is 0.142 e. The van der Waals surface area contributed by atoms with Gasteiger partial charge in [-0.1, -0.05) is 0 Å². The van der Waals surface area contributed by atoms with Gasteiger partial charge in [-0.3, -0.25) is 4.98 Å². The third kappa shape index (κ3) is 1.62. The van der Waals surface area contributed by atoms with Crippen molar-refractivity contribution in [3.63, 3.8) is 0 Å². The number of pyridine rings is 1. The van der Waals surface area contributed by atoms with Gasteiger partial charge in [-0.15, -0.1) is 0 Å². The summed E-state index contributed by atoms with van der Waals surface area (Å²) in [6.07, 6.45) is 3.58. The lowest BCUT2D eigenvalue weighted by Crippen LogP contribution is -1.92. The van der Waals surface area contributed by atoms with Gasteiger partial charge >= 0.3 is 0 Å². The highest BCUT2D eigenvalue weighted by Gasteiger charge is 2.10. The molecule has 1 aromatic carbocycles. The van der Waals surface area contributed by atoms with E-state index in [0.29, 0.717) is 0 Å². The molecule has 0 aliphatic carbocycles. The second kappa shape index (κ2) is 4.14. The molecule has 0 fully saturated rings. The van der Waals surface area contributed by atoms with E-state index in [1.165, 1.54) is 0 Å². The minimum atomic E-state index is 0.818. The lowest BCUT2D eigenvalue weighted by Gasteiger charge is -2.01. The highest BCUT2D eigenvalue weighted by atomic mass is 16.5. The topological polar surface area (TPSA) is 39.9 Å². The van der Waals surface area contributed by atoms with Crippen molar-refractivity contribution in [2.24, 2.45) is 7.05 Å². The summed E-state index contributed by atoms with van der Waals surface area (Å²) in [5.41, 5.74) is 3.01. The summed E-state index contributed by atoms with van der Waals surface area (Å²) in [7, 11) is 3.66. The second-order valence-electron chi connectivity index (χ2n) is 4.09. The average Bonchev–Trinajstić information content (AvgIpc) is 2.76. The molecule has 0 unspecified atom stereocenters. The molecule has 4 heteroatoms. The normalized spacial score (nSPS) is 10.8. The van der Waals surface area contributed by atoms with E-state index < -0.39 is 0 Å². The number of hydrogen-bond acceptors (Lipinski definition) is 3. The lowest BCUT2D eigenvalue weighted by molar-refractivity contribution is 0.415. The molecule has 3 rings (SSSR count). The number of benzene rings is 1. The van der Waals surface area contributed by atoms with Crippen molar-refractivity contribution in [3.05, 3.63) is 42.7 Å². The van der Waals surface area contributed by atoms with Crippen LogP contribution in [0.1, 0.15) is 0 Å². The van der Waals surface area contributed by atoms with E-state index in [1.54, 1.807) is 13.3 Å². The zero-order valence-electron chi connectivity index (χ0n) is 10.3. The molecular weight excluding hydrogens is 226 g/mol. The van der Waals surface area contributed by atoms with Crippen LogP contribution in [0.15, 0.2) is 42.7 Å².